The van der Waals surface area contributed by atoms with Crippen molar-refractivity contribution in [1.82, 2.24) is 0 Å². The highest BCUT2D eigenvalue weighted by atomic mass is 28.3. The largest absolute Gasteiger partial charge is 0.0993 e. The average Bonchev–Trinajstić information content (AvgIpc) is 2.37. The summed E-state index contributed by atoms with van der Waals surface area (Å²) in [6.45, 7) is 11.8. The van der Waals surface area contributed by atoms with E-state index in [9.17, 15) is 0 Å². The van der Waals surface area contributed by atoms with Crippen LogP contribution in [0.25, 0.3) is 0 Å². The van der Waals surface area contributed by atoms with Crippen LogP contribution < -0.4 is 0 Å². The van der Waals surface area contributed by atoms with Gasteiger partial charge in [-0.3, -0.25) is 0 Å². The van der Waals surface area contributed by atoms with Crippen LogP contribution in [-0.4, -0.2) is 8.07 Å². The van der Waals surface area contributed by atoms with Gasteiger partial charge in [-0.2, -0.15) is 0 Å². The van der Waals surface area contributed by atoms with Gasteiger partial charge in [0, 0.05) is 0 Å². The molecule has 0 unspecified atom stereocenters. The Kier molecular flexibility index (Phi) is 3.76. The molecule has 0 aliphatic carbocycles. The summed E-state index contributed by atoms with van der Waals surface area (Å²) in [6.07, 6.45) is 6.38. The lowest BCUT2D eigenvalue weighted by molar-refractivity contribution is 0.590. The Morgan fingerprint density at radius 3 is 2.36 bits per heavy atom. The number of hydrogen-bond donors (Lipinski definition) is 0. The van der Waals surface area contributed by atoms with E-state index in [2.05, 4.69) is 45.6 Å². The van der Waals surface area contributed by atoms with Gasteiger partial charge in [0.05, 0.1) is 8.07 Å². The molecule has 0 N–H and O–H groups in total. The zero-order valence-electron chi connectivity index (χ0n) is 10.4. The van der Waals surface area contributed by atoms with Crippen molar-refractivity contribution >= 4 is 8.07 Å². The summed E-state index contributed by atoms with van der Waals surface area (Å²) in [5, 5.41) is 1.77. The van der Waals surface area contributed by atoms with Crippen molar-refractivity contribution < 1.29 is 0 Å². The molecule has 0 aromatic heterocycles. The van der Waals surface area contributed by atoms with E-state index < -0.39 is 8.07 Å². The second-order valence-corrected chi connectivity index (χ2v) is 9.77. The molecular formula is C13H24Si. The number of hydrogen-bond acceptors (Lipinski definition) is 0. The van der Waals surface area contributed by atoms with Crippen LogP contribution in [0.1, 0.15) is 40.0 Å². The van der Waals surface area contributed by atoms with Crippen molar-refractivity contribution in [2.45, 2.75) is 53.1 Å². The molecule has 0 aromatic carbocycles. The van der Waals surface area contributed by atoms with Gasteiger partial charge >= 0.3 is 0 Å². The van der Waals surface area contributed by atoms with E-state index >= 15 is 0 Å². The third kappa shape index (κ3) is 2.84. The lowest BCUT2D eigenvalue weighted by Gasteiger charge is -2.19. The van der Waals surface area contributed by atoms with Crippen LogP contribution in [0.15, 0.2) is 22.5 Å². The van der Waals surface area contributed by atoms with Crippen LogP contribution in [0.5, 0.6) is 0 Å². The molecule has 1 rings (SSSR count). The number of allylic oxidation sites excluding steroid dienone is 3. The molecule has 0 bridgehead atoms. The molecule has 0 spiro atoms. The highest BCUT2D eigenvalue weighted by Crippen LogP contribution is 2.31. The van der Waals surface area contributed by atoms with Crippen molar-refractivity contribution in [3.8, 4) is 0 Å². The van der Waals surface area contributed by atoms with Crippen LogP contribution in [0, 0.1) is 5.92 Å². The Morgan fingerprint density at radius 2 is 1.93 bits per heavy atom. The molecule has 0 aromatic rings. The lowest BCUT2D eigenvalue weighted by atomic mass is 10.1. The number of rotatable bonds is 4. The minimum Gasteiger partial charge on any atom is -0.0874 e. The summed E-state index contributed by atoms with van der Waals surface area (Å²) >= 11 is 0. The molecule has 1 heteroatoms. The van der Waals surface area contributed by atoms with Gasteiger partial charge in [0.15, 0.2) is 0 Å². The monoisotopic (exact) mass is 208 g/mol. The van der Waals surface area contributed by atoms with Gasteiger partial charge in [-0.25, -0.2) is 0 Å². The fraction of sp³-hybridized carbons (Fsp3) is 0.692. The SMILES string of the molecule is CCC1=C[Si](C)(C)C(CCC(C)C)=C1. The van der Waals surface area contributed by atoms with Gasteiger partial charge < -0.3 is 0 Å². The summed E-state index contributed by atoms with van der Waals surface area (Å²) in [6, 6.07) is 0. The van der Waals surface area contributed by atoms with Gasteiger partial charge in [0.2, 0.25) is 0 Å². The molecule has 14 heavy (non-hydrogen) atoms. The van der Waals surface area contributed by atoms with E-state index in [4.69, 9.17) is 0 Å². The van der Waals surface area contributed by atoms with E-state index in [-0.39, 0.29) is 0 Å². The van der Waals surface area contributed by atoms with Gasteiger partial charge in [0.25, 0.3) is 0 Å². The van der Waals surface area contributed by atoms with Crippen LogP contribution in [-0.2, 0) is 0 Å². The Hall–Kier alpha value is -0.303. The molecule has 1 heterocycles. The van der Waals surface area contributed by atoms with Gasteiger partial charge in [-0.1, -0.05) is 56.4 Å². The van der Waals surface area contributed by atoms with Crippen LogP contribution in [0.3, 0.4) is 0 Å². The first kappa shape index (κ1) is 11.8. The fourth-order valence-corrected chi connectivity index (χ4v) is 4.80. The molecule has 0 saturated heterocycles. The summed E-state index contributed by atoms with van der Waals surface area (Å²) in [7, 11) is -1.12. The summed E-state index contributed by atoms with van der Waals surface area (Å²) in [4.78, 5) is 0. The van der Waals surface area contributed by atoms with E-state index in [1.54, 1.807) is 10.8 Å². The predicted molar refractivity (Wildman–Crippen MR) is 68.0 cm³/mol. The summed E-state index contributed by atoms with van der Waals surface area (Å²) in [5.41, 5.74) is 4.16. The van der Waals surface area contributed by atoms with Crippen molar-refractivity contribution in [2.75, 3.05) is 0 Å². The maximum Gasteiger partial charge on any atom is 0.0993 e. The molecule has 1 aliphatic heterocycles. The Labute approximate surface area is 90.1 Å². The lowest BCUT2D eigenvalue weighted by Crippen LogP contribution is -2.24. The normalized spacial score (nSPS) is 19.9. The van der Waals surface area contributed by atoms with Crippen LogP contribution in [0.2, 0.25) is 13.1 Å². The molecule has 1 aliphatic rings. The van der Waals surface area contributed by atoms with E-state index in [1.165, 1.54) is 19.3 Å². The standard InChI is InChI=1S/C13H24Si/c1-6-12-9-13(8-7-11(2)3)14(4,5)10-12/h9-11H,6-8H2,1-5H3. The highest BCUT2D eigenvalue weighted by Gasteiger charge is 2.27. The highest BCUT2D eigenvalue weighted by molar-refractivity contribution is 6.89. The molecule has 0 nitrogen and oxygen atoms in total. The maximum atomic E-state index is 2.57. The van der Waals surface area contributed by atoms with E-state index in [1.807, 2.05) is 0 Å². The second-order valence-electron chi connectivity index (χ2n) is 5.40. The van der Waals surface area contributed by atoms with Gasteiger partial charge in [-0.05, 0) is 25.2 Å². The van der Waals surface area contributed by atoms with Gasteiger partial charge in [0.1, 0.15) is 0 Å². The topological polar surface area (TPSA) is 0 Å². The van der Waals surface area contributed by atoms with Crippen molar-refractivity contribution in [2.24, 2.45) is 5.92 Å². The van der Waals surface area contributed by atoms with Crippen molar-refractivity contribution in [1.29, 1.82) is 0 Å². The van der Waals surface area contributed by atoms with E-state index in [0.29, 0.717) is 0 Å². The molecule has 0 fully saturated rings. The Balaban J connectivity index is 2.63. The third-order valence-corrected chi connectivity index (χ3v) is 6.27. The molecular weight excluding hydrogens is 184 g/mol. The minimum absolute atomic E-state index is 0.839. The Bertz CT molecular complexity index is 256. The van der Waals surface area contributed by atoms with Gasteiger partial charge in [-0.15, -0.1) is 0 Å². The zero-order valence-corrected chi connectivity index (χ0v) is 11.4. The van der Waals surface area contributed by atoms with Crippen LogP contribution >= 0.6 is 0 Å². The maximum absolute atomic E-state index is 2.57. The zero-order chi connectivity index (χ0) is 10.8. The minimum atomic E-state index is -1.12. The second kappa shape index (κ2) is 4.48. The molecule has 0 saturated carbocycles. The van der Waals surface area contributed by atoms with Crippen molar-refractivity contribution in [3.05, 3.63) is 22.5 Å². The smallest absolute Gasteiger partial charge is 0.0874 e. The molecule has 0 atom stereocenters. The predicted octanol–water partition coefficient (Wildman–Crippen LogP) is 4.49. The van der Waals surface area contributed by atoms with E-state index in [0.717, 1.165) is 5.92 Å². The first-order valence-electron chi connectivity index (χ1n) is 5.88. The molecule has 80 valence electrons. The van der Waals surface area contributed by atoms with Crippen LogP contribution in [0.4, 0.5) is 0 Å². The Morgan fingerprint density at radius 1 is 1.29 bits per heavy atom. The average molecular weight is 208 g/mol. The summed E-state index contributed by atoms with van der Waals surface area (Å²) < 4.78 is 0. The summed E-state index contributed by atoms with van der Waals surface area (Å²) in [5.74, 6) is 0.839. The van der Waals surface area contributed by atoms with Crippen molar-refractivity contribution in [3.63, 3.8) is 0 Å². The molecule has 0 amide bonds. The first-order chi connectivity index (χ1) is 6.45. The quantitative estimate of drug-likeness (QED) is 0.597. The molecule has 0 radical (unpaired) electrons. The fourth-order valence-electron chi connectivity index (χ4n) is 2.05. The first-order valence-corrected chi connectivity index (χ1v) is 8.96. The third-order valence-electron chi connectivity index (χ3n) is 3.13.